The molecule has 3 aromatic rings. The van der Waals surface area contributed by atoms with E-state index < -0.39 is 0 Å². The molecule has 2 aromatic carbocycles. The molecule has 1 N–H and O–H groups in total. The van der Waals surface area contributed by atoms with E-state index in [0.29, 0.717) is 25.3 Å². The number of ether oxygens (including phenoxy) is 1. The van der Waals surface area contributed by atoms with E-state index in [0.717, 1.165) is 61.9 Å². The number of nitrogens with one attached hydrogen (secondary N) is 1. The molecule has 2 heterocycles. The summed E-state index contributed by atoms with van der Waals surface area (Å²) in [5, 5.41) is 2.97. The van der Waals surface area contributed by atoms with Crippen molar-refractivity contribution in [1.29, 1.82) is 0 Å². The van der Waals surface area contributed by atoms with Gasteiger partial charge in [-0.15, -0.1) is 0 Å². The molecule has 1 aliphatic rings. The number of hydrogen-bond acceptors (Lipinski definition) is 5. The molecule has 4 rings (SSSR count). The van der Waals surface area contributed by atoms with Crippen LogP contribution in [0.4, 0.5) is 10.5 Å². The van der Waals surface area contributed by atoms with Crippen LogP contribution in [-0.4, -0.2) is 72.6 Å². The highest BCUT2D eigenvalue weighted by Crippen LogP contribution is 2.15. The van der Waals surface area contributed by atoms with Gasteiger partial charge < -0.3 is 24.3 Å². The number of furan rings is 1. The molecule has 0 atom stereocenters. The van der Waals surface area contributed by atoms with E-state index in [4.69, 9.17) is 9.15 Å². The van der Waals surface area contributed by atoms with Crippen LogP contribution < -0.4 is 5.32 Å². The molecule has 202 valence electrons. The number of amides is 3. The van der Waals surface area contributed by atoms with Crippen LogP contribution in [0.5, 0.6) is 0 Å². The normalized spacial score (nSPS) is 13.7. The quantitative estimate of drug-likeness (QED) is 0.399. The van der Waals surface area contributed by atoms with E-state index in [2.05, 4.69) is 10.2 Å². The molecule has 0 bridgehead atoms. The van der Waals surface area contributed by atoms with Gasteiger partial charge in [0, 0.05) is 38.4 Å². The summed E-state index contributed by atoms with van der Waals surface area (Å²) in [6.45, 7) is 9.21. The number of urea groups is 1. The van der Waals surface area contributed by atoms with Crippen LogP contribution in [0.3, 0.4) is 0 Å². The smallest absolute Gasteiger partial charge is 0.322 e. The molecule has 1 aliphatic heterocycles. The predicted molar refractivity (Wildman–Crippen MR) is 148 cm³/mol. The van der Waals surface area contributed by atoms with Gasteiger partial charge in [0.2, 0.25) is 5.91 Å². The van der Waals surface area contributed by atoms with Crippen molar-refractivity contribution in [1.82, 2.24) is 14.7 Å². The molecule has 0 aliphatic carbocycles. The fourth-order valence-electron chi connectivity index (χ4n) is 4.46. The second-order valence-electron chi connectivity index (χ2n) is 9.77. The van der Waals surface area contributed by atoms with Gasteiger partial charge in [-0.1, -0.05) is 48.0 Å². The molecule has 38 heavy (non-hydrogen) atoms. The van der Waals surface area contributed by atoms with Crippen LogP contribution in [-0.2, 0) is 22.6 Å². The summed E-state index contributed by atoms with van der Waals surface area (Å²) in [5.74, 6) is 1.39. The zero-order valence-electron chi connectivity index (χ0n) is 22.4. The summed E-state index contributed by atoms with van der Waals surface area (Å²) in [6.07, 6.45) is 0.769. The first-order valence-electron chi connectivity index (χ1n) is 13.3. The van der Waals surface area contributed by atoms with Gasteiger partial charge in [-0.2, -0.15) is 0 Å². The molecular weight excluding hydrogens is 480 g/mol. The number of hydrogen-bond donors (Lipinski definition) is 1. The van der Waals surface area contributed by atoms with E-state index in [1.807, 2.05) is 80.6 Å². The maximum Gasteiger partial charge on any atom is 0.322 e. The second kappa shape index (κ2) is 13.8. The Labute approximate surface area is 225 Å². The van der Waals surface area contributed by atoms with Crippen LogP contribution in [0.25, 0.3) is 0 Å². The minimum Gasteiger partial charge on any atom is -0.464 e. The predicted octanol–water partition coefficient (Wildman–Crippen LogP) is 4.68. The highest BCUT2D eigenvalue weighted by Gasteiger charge is 2.23. The van der Waals surface area contributed by atoms with Crippen LogP contribution >= 0.6 is 0 Å². The van der Waals surface area contributed by atoms with Gasteiger partial charge in [0.15, 0.2) is 0 Å². The number of anilines is 1. The average molecular weight is 519 g/mol. The molecule has 8 heteroatoms. The van der Waals surface area contributed by atoms with Gasteiger partial charge in [-0.25, -0.2) is 4.79 Å². The highest BCUT2D eigenvalue weighted by atomic mass is 16.5. The van der Waals surface area contributed by atoms with Gasteiger partial charge in [0.05, 0.1) is 19.8 Å². The highest BCUT2D eigenvalue weighted by molar-refractivity contribution is 5.92. The van der Waals surface area contributed by atoms with Crippen molar-refractivity contribution in [2.45, 2.75) is 33.4 Å². The summed E-state index contributed by atoms with van der Waals surface area (Å²) in [5.41, 5.74) is 2.84. The fourth-order valence-corrected chi connectivity index (χ4v) is 4.46. The first-order valence-corrected chi connectivity index (χ1v) is 13.3. The summed E-state index contributed by atoms with van der Waals surface area (Å²) < 4.78 is 11.2. The monoisotopic (exact) mass is 518 g/mol. The SMILES string of the molecule is Cc1ccc(NC(=O)N(CCCN2CCOCC2)CC(=O)N(Cc2ccccc2)Cc2ccc(C)o2)cc1. The van der Waals surface area contributed by atoms with Gasteiger partial charge >= 0.3 is 6.03 Å². The Morgan fingerprint density at radius 1 is 0.895 bits per heavy atom. The molecule has 1 aromatic heterocycles. The third-order valence-electron chi connectivity index (χ3n) is 6.63. The summed E-state index contributed by atoms with van der Waals surface area (Å²) >= 11 is 0. The van der Waals surface area contributed by atoms with Gasteiger partial charge in [0.25, 0.3) is 0 Å². The van der Waals surface area contributed by atoms with Crippen LogP contribution in [0.1, 0.15) is 29.1 Å². The maximum atomic E-state index is 13.7. The molecule has 0 saturated carbocycles. The third kappa shape index (κ3) is 8.46. The number of aryl methyl sites for hydroxylation is 2. The van der Waals surface area contributed by atoms with Gasteiger partial charge in [-0.05, 0) is 50.1 Å². The van der Waals surface area contributed by atoms with Crippen LogP contribution in [0, 0.1) is 13.8 Å². The molecule has 0 radical (unpaired) electrons. The van der Waals surface area contributed by atoms with E-state index in [-0.39, 0.29) is 18.5 Å². The molecule has 0 spiro atoms. The Balaban J connectivity index is 1.46. The Morgan fingerprint density at radius 3 is 2.32 bits per heavy atom. The Bertz CT molecular complexity index is 1160. The molecule has 0 unspecified atom stereocenters. The van der Waals surface area contributed by atoms with Crippen molar-refractivity contribution in [3.63, 3.8) is 0 Å². The first kappa shape index (κ1) is 27.4. The number of morpholine rings is 1. The standard InChI is InChI=1S/C30H38N4O4/c1-24-9-12-27(13-10-24)31-30(36)33(16-6-15-32-17-19-37-20-18-32)23-29(35)34(21-26-7-4-3-5-8-26)22-28-14-11-25(2)38-28/h3-5,7-14H,6,15-23H2,1-2H3,(H,31,36). The number of nitrogens with zero attached hydrogens (tertiary/aromatic N) is 3. The first-order chi connectivity index (χ1) is 18.5. The largest absolute Gasteiger partial charge is 0.464 e. The van der Waals surface area contributed by atoms with Gasteiger partial charge in [0.1, 0.15) is 18.1 Å². The minimum atomic E-state index is -0.280. The lowest BCUT2D eigenvalue weighted by Gasteiger charge is -2.30. The number of rotatable bonds is 11. The zero-order valence-corrected chi connectivity index (χ0v) is 22.4. The number of carbonyl (C=O) groups excluding carboxylic acids is 2. The fraction of sp³-hybridized carbons (Fsp3) is 0.400. The van der Waals surface area contributed by atoms with Crippen LogP contribution in [0.2, 0.25) is 0 Å². The summed E-state index contributed by atoms with van der Waals surface area (Å²) in [6, 6.07) is 21.0. The lowest BCUT2D eigenvalue weighted by molar-refractivity contribution is -0.133. The zero-order chi connectivity index (χ0) is 26.7. The van der Waals surface area contributed by atoms with Crippen molar-refractivity contribution in [2.24, 2.45) is 0 Å². The molecule has 8 nitrogen and oxygen atoms in total. The molecule has 1 saturated heterocycles. The Morgan fingerprint density at radius 2 is 1.63 bits per heavy atom. The van der Waals surface area contributed by atoms with Crippen molar-refractivity contribution in [3.05, 3.63) is 89.4 Å². The van der Waals surface area contributed by atoms with Crippen molar-refractivity contribution < 1.29 is 18.7 Å². The third-order valence-corrected chi connectivity index (χ3v) is 6.63. The van der Waals surface area contributed by atoms with Crippen molar-refractivity contribution in [2.75, 3.05) is 51.3 Å². The molecule has 1 fully saturated rings. The van der Waals surface area contributed by atoms with E-state index in [1.54, 1.807) is 9.80 Å². The minimum absolute atomic E-state index is 0.0205. The molecular formula is C30H38N4O4. The topological polar surface area (TPSA) is 78.3 Å². The lowest BCUT2D eigenvalue weighted by atomic mass is 10.2. The average Bonchev–Trinajstić information content (AvgIpc) is 3.34. The van der Waals surface area contributed by atoms with Crippen LogP contribution in [0.15, 0.2) is 71.1 Å². The summed E-state index contributed by atoms with van der Waals surface area (Å²) in [7, 11) is 0. The van der Waals surface area contributed by atoms with E-state index in [9.17, 15) is 9.59 Å². The maximum absolute atomic E-state index is 13.7. The second-order valence-corrected chi connectivity index (χ2v) is 9.77. The Hall–Kier alpha value is -3.62. The Kier molecular flexibility index (Phi) is 9.95. The van der Waals surface area contributed by atoms with E-state index >= 15 is 0 Å². The van der Waals surface area contributed by atoms with Gasteiger partial charge in [-0.3, -0.25) is 9.69 Å². The number of carbonyl (C=O) groups is 2. The van der Waals surface area contributed by atoms with E-state index in [1.165, 1.54) is 0 Å². The van der Waals surface area contributed by atoms with Crippen molar-refractivity contribution in [3.8, 4) is 0 Å². The summed E-state index contributed by atoms with van der Waals surface area (Å²) in [4.78, 5) is 32.7. The van der Waals surface area contributed by atoms with Crippen molar-refractivity contribution >= 4 is 17.6 Å². The number of benzene rings is 2. The molecule has 3 amide bonds. The lowest BCUT2D eigenvalue weighted by Crippen LogP contribution is -2.45.